The van der Waals surface area contributed by atoms with E-state index in [4.69, 9.17) is 25.8 Å². The van der Waals surface area contributed by atoms with Crippen molar-refractivity contribution in [3.05, 3.63) is 80.9 Å². The molecule has 0 saturated carbocycles. The molecule has 1 atom stereocenters. The number of carboxylic acid groups (broad SMARTS) is 1. The summed E-state index contributed by atoms with van der Waals surface area (Å²) in [5, 5.41) is 9.71. The van der Waals surface area contributed by atoms with Gasteiger partial charge in [0, 0.05) is 49.6 Å². The van der Waals surface area contributed by atoms with E-state index in [0.29, 0.717) is 53.0 Å². The predicted molar refractivity (Wildman–Crippen MR) is 115 cm³/mol. The van der Waals surface area contributed by atoms with Gasteiger partial charge in [-0.2, -0.15) is 0 Å². The second kappa shape index (κ2) is 9.02. The second-order valence-electron chi connectivity index (χ2n) is 7.15. The van der Waals surface area contributed by atoms with E-state index < -0.39 is 29.0 Å². The Morgan fingerprint density at radius 1 is 1.25 bits per heavy atom. The van der Waals surface area contributed by atoms with E-state index in [0.717, 1.165) is 0 Å². The van der Waals surface area contributed by atoms with Gasteiger partial charge >= 0.3 is 5.97 Å². The summed E-state index contributed by atoms with van der Waals surface area (Å²) in [6.45, 7) is 0.903. The van der Waals surface area contributed by atoms with Crippen molar-refractivity contribution >= 4 is 17.6 Å². The fraction of sp³-hybridized carbons (Fsp3) is 0.217. The summed E-state index contributed by atoms with van der Waals surface area (Å²) in [5.74, 6) is -1.09. The first kappa shape index (κ1) is 21.9. The van der Waals surface area contributed by atoms with Crippen LogP contribution >= 0.6 is 11.6 Å². The fourth-order valence-electron chi connectivity index (χ4n) is 3.51. The Morgan fingerprint density at radius 3 is 2.78 bits per heavy atom. The minimum absolute atomic E-state index is 0.301. The summed E-state index contributed by atoms with van der Waals surface area (Å²) < 4.78 is 32.3. The van der Waals surface area contributed by atoms with Crippen LogP contribution in [0.15, 0.2) is 53.5 Å². The zero-order chi connectivity index (χ0) is 22.8. The first-order valence-corrected chi connectivity index (χ1v) is 10.1. The number of rotatable bonds is 7. The average molecular weight is 460 g/mol. The van der Waals surface area contributed by atoms with Gasteiger partial charge in [0.15, 0.2) is 5.43 Å². The molecule has 7 nitrogen and oxygen atoms in total. The van der Waals surface area contributed by atoms with Gasteiger partial charge in [0.05, 0.1) is 17.3 Å². The number of aromatic nitrogens is 1. The normalized spacial score (nSPS) is 14.3. The standard InChI is InChI=1S/C23H19ClFNO6/c1-30-6-3-7-31-21-11-20-15(9-17(21)24)18-10-19(27)16(23(28)29)12-26(18)22(32-20)13-4-2-5-14(25)8-13/h2,4-5,8-12,22H,3,6-7H2,1H3,(H,28,29). The summed E-state index contributed by atoms with van der Waals surface area (Å²) in [4.78, 5) is 24.0. The number of hydrogen-bond acceptors (Lipinski definition) is 5. The lowest BCUT2D eigenvalue weighted by molar-refractivity contribution is 0.0693. The summed E-state index contributed by atoms with van der Waals surface area (Å²) in [7, 11) is 1.60. The van der Waals surface area contributed by atoms with E-state index in [9.17, 15) is 19.1 Å². The van der Waals surface area contributed by atoms with E-state index >= 15 is 0 Å². The van der Waals surface area contributed by atoms with E-state index in [1.54, 1.807) is 25.3 Å². The summed E-state index contributed by atoms with van der Waals surface area (Å²) in [6, 6.07) is 10.2. The molecule has 1 aliphatic heterocycles. The van der Waals surface area contributed by atoms with Crippen LogP contribution in [0, 0.1) is 5.82 Å². The van der Waals surface area contributed by atoms with Gasteiger partial charge in [-0.25, -0.2) is 9.18 Å². The summed E-state index contributed by atoms with van der Waals surface area (Å²) >= 11 is 6.39. The van der Waals surface area contributed by atoms with Crippen molar-refractivity contribution in [2.75, 3.05) is 20.3 Å². The first-order chi connectivity index (χ1) is 15.4. The molecule has 9 heteroatoms. The van der Waals surface area contributed by atoms with E-state index in [1.807, 2.05) is 0 Å². The van der Waals surface area contributed by atoms with Crippen molar-refractivity contribution in [1.29, 1.82) is 0 Å². The van der Waals surface area contributed by atoms with Crippen molar-refractivity contribution in [3.8, 4) is 22.8 Å². The molecule has 3 aromatic rings. The highest BCUT2D eigenvalue weighted by atomic mass is 35.5. The van der Waals surface area contributed by atoms with Crippen molar-refractivity contribution < 1.29 is 28.5 Å². The lowest BCUT2D eigenvalue weighted by atomic mass is 10.0. The number of nitrogens with zero attached hydrogens (tertiary/aromatic N) is 1. The Balaban J connectivity index is 1.84. The van der Waals surface area contributed by atoms with Crippen LogP contribution in [0.5, 0.6) is 11.5 Å². The number of halogens is 2. The van der Waals surface area contributed by atoms with Gasteiger partial charge in [-0.3, -0.25) is 4.79 Å². The fourth-order valence-corrected chi connectivity index (χ4v) is 3.73. The third kappa shape index (κ3) is 4.19. The van der Waals surface area contributed by atoms with Crippen LogP contribution in [0.3, 0.4) is 0 Å². The van der Waals surface area contributed by atoms with Crippen LogP contribution in [-0.2, 0) is 4.74 Å². The van der Waals surface area contributed by atoms with Gasteiger partial charge in [0.1, 0.15) is 22.9 Å². The molecule has 32 heavy (non-hydrogen) atoms. The zero-order valence-electron chi connectivity index (χ0n) is 17.0. The molecule has 0 amide bonds. The Hall–Kier alpha value is -3.36. The molecule has 2 heterocycles. The molecule has 0 bridgehead atoms. The number of methoxy groups -OCH3 is 1. The Kier molecular flexibility index (Phi) is 6.16. The molecule has 0 saturated heterocycles. The SMILES string of the molecule is COCCCOc1cc2c(cc1Cl)-c1cc(=O)c(C(=O)O)cn1C(c1cccc(F)c1)O2. The van der Waals surface area contributed by atoms with Crippen LogP contribution in [0.25, 0.3) is 11.3 Å². The Bertz CT molecular complexity index is 1240. The van der Waals surface area contributed by atoms with E-state index in [1.165, 1.54) is 35.0 Å². The van der Waals surface area contributed by atoms with Gasteiger partial charge in [0.2, 0.25) is 6.23 Å². The van der Waals surface area contributed by atoms with Crippen LogP contribution in [0.4, 0.5) is 4.39 Å². The van der Waals surface area contributed by atoms with Gasteiger partial charge < -0.3 is 23.9 Å². The third-order valence-electron chi connectivity index (χ3n) is 5.00. The van der Waals surface area contributed by atoms with Crippen molar-refractivity contribution in [2.45, 2.75) is 12.6 Å². The highest BCUT2D eigenvalue weighted by Crippen LogP contribution is 2.44. The smallest absolute Gasteiger partial charge is 0.341 e. The monoisotopic (exact) mass is 459 g/mol. The maximum Gasteiger partial charge on any atom is 0.341 e. The number of aromatic carboxylic acids is 1. The number of pyridine rings is 1. The summed E-state index contributed by atoms with van der Waals surface area (Å²) in [6.07, 6.45) is 0.948. The number of ether oxygens (including phenoxy) is 3. The lowest BCUT2D eigenvalue weighted by Crippen LogP contribution is -2.27. The zero-order valence-corrected chi connectivity index (χ0v) is 17.8. The van der Waals surface area contributed by atoms with Crippen molar-refractivity contribution in [1.82, 2.24) is 4.57 Å². The molecule has 1 N–H and O–H groups in total. The minimum Gasteiger partial charge on any atom is -0.492 e. The van der Waals surface area contributed by atoms with Crippen molar-refractivity contribution in [2.24, 2.45) is 0 Å². The van der Waals surface area contributed by atoms with E-state index in [-0.39, 0.29) is 0 Å². The van der Waals surface area contributed by atoms with E-state index in [2.05, 4.69) is 0 Å². The highest BCUT2D eigenvalue weighted by Gasteiger charge is 2.29. The molecular weight excluding hydrogens is 441 g/mol. The molecule has 0 spiro atoms. The number of hydrogen-bond donors (Lipinski definition) is 1. The molecule has 0 radical (unpaired) electrons. The molecule has 2 aromatic carbocycles. The maximum absolute atomic E-state index is 13.9. The minimum atomic E-state index is -1.37. The Labute approximate surface area is 187 Å². The molecule has 1 aliphatic rings. The number of fused-ring (bicyclic) bond motifs is 3. The molecule has 0 aliphatic carbocycles. The quantitative estimate of drug-likeness (QED) is 0.528. The van der Waals surface area contributed by atoms with Crippen LogP contribution in [0.2, 0.25) is 5.02 Å². The van der Waals surface area contributed by atoms with Crippen molar-refractivity contribution in [3.63, 3.8) is 0 Å². The van der Waals surface area contributed by atoms with Crippen LogP contribution < -0.4 is 14.9 Å². The maximum atomic E-state index is 13.9. The third-order valence-corrected chi connectivity index (χ3v) is 5.29. The largest absolute Gasteiger partial charge is 0.492 e. The molecular formula is C23H19ClFNO6. The van der Waals surface area contributed by atoms with Crippen LogP contribution in [0.1, 0.15) is 28.6 Å². The Morgan fingerprint density at radius 2 is 2.06 bits per heavy atom. The first-order valence-electron chi connectivity index (χ1n) is 9.76. The lowest BCUT2D eigenvalue weighted by Gasteiger charge is -2.32. The molecule has 0 fully saturated rings. The van der Waals surface area contributed by atoms with Gasteiger partial charge in [0.25, 0.3) is 0 Å². The second-order valence-corrected chi connectivity index (χ2v) is 7.56. The molecule has 166 valence electrons. The average Bonchev–Trinajstić information content (AvgIpc) is 2.76. The van der Waals surface area contributed by atoms with Gasteiger partial charge in [-0.1, -0.05) is 23.7 Å². The molecule has 4 rings (SSSR count). The number of benzene rings is 2. The highest BCUT2D eigenvalue weighted by molar-refractivity contribution is 6.32. The van der Waals surface area contributed by atoms with Crippen LogP contribution in [-0.4, -0.2) is 36.0 Å². The number of carbonyl (C=O) groups is 1. The molecule has 1 aromatic heterocycles. The topological polar surface area (TPSA) is 87.0 Å². The number of carboxylic acids is 1. The molecule has 1 unspecified atom stereocenters. The summed E-state index contributed by atoms with van der Waals surface area (Å²) in [5.41, 5.74) is 0.232. The van der Waals surface area contributed by atoms with Gasteiger partial charge in [-0.05, 0) is 18.2 Å². The predicted octanol–water partition coefficient (Wildman–Crippen LogP) is 4.36. The van der Waals surface area contributed by atoms with Gasteiger partial charge in [-0.15, -0.1) is 0 Å².